The van der Waals surface area contributed by atoms with E-state index in [0.717, 1.165) is 6.42 Å². The van der Waals surface area contributed by atoms with Gasteiger partial charge in [-0.3, -0.25) is 9.59 Å². The van der Waals surface area contributed by atoms with Crippen molar-refractivity contribution in [3.8, 4) is 5.75 Å². The van der Waals surface area contributed by atoms with E-state index in [-0.39, 0.29) is 24.8 Å². The first-order valence-electron chi connectivity index (χ1n) is 6.50. The van der Waals surface area contributed by atoms with Crippen LogP contribution in [0.15, 0.2) is 24.3 Å². The van der Waals surface area contributed by atoms with E-state index in [1.807, 2.05) is 19.1 Å². The summed E-state index contributed by atoms with van der Waals surface area (Å²) in [5, 5.41) is 5.56. The van der Waals surface area contributed by atoms with Crippen molar-refractivity contribution in [1.29, 1.82) is 0 Å². The Balaban J connectivity index is 1.98. The number of rotatable bonds is 4. The Morgan fingerprint density at radius 1 is 1.47 bits per heavy atom. The predicted octanol–water partition coefficient (Wildman–Crippen LogP) is 1.55. The fourth-order valence-electron chi connectivity index (χ4n) is 1.91. The first kappa shape index (κ1) is 13.4. The number of carbonyl (C=O) groups is 2. The number of anilines is 1. The Kier molecular flexibility index (Phi) is 4.39. The van der Waals surface area contributed by atoms with Gasteiger partial charge in [0.25, 0.3) is 0 Å². The highest BCUT2D eigenvalue weighted by Crippen LogP contribution is 2.28. The quantitative estimate of drug-likeness (QED) is 0.865. The summed E-state index contributed by atoms with van der Waals surface area (Å²) in [5.74, 6) is -0.0928. The van der Waals surface area contributed by atoms with E-state index < -0.39 is 5.92 Å². The molecule has 2 rings (SSSR count). The molecule has 1 atom stereocenters. The zero-order valence-corrected chi connectivity index (χ0v) is 10.9. The van der Waals surface area contributed by atoms with Gasteiger partial charge in [-0.15, -0.1) is 0 Å². The average molecular weight is 262 g/mol. The minimum absolute atomic E-state index is 0.114. The van der Waals surface area contributed by atoms with E-state index in [4.69, 9.17) is 4.74 Å². The van der Waals surface area contributed by atoms with Crippen LogP contribution in [0.2, 0.25) is 0 Å². The van der Waals surface area contributed by atoms with Gasteiger partial charge in [0.15, 0.2) is 0 Å². The molecule has 1 heterocycles. The van der Waals surface area contributed by atoms with Crippen LogP contribution < -0.4 is 15.4 Å². The first-order chi connectivity index (χ1) is 9.20. The van der Waals surface area contributed by atoms with Crippen LogP contribution >= 0.6 is 0 Å². The second-order valence-electron chi connectivity index (χ2n) is 4.55. The Hall–Kier alpha value is -2.04. The Morgan fingerprint density at radius 2 is 2.26 bits per heavy atom. The van der Waals surface area contributed by atoms with Crippen LogP contribution in [0.3, 0.4) is 0 Å². The summed E-state index contributed by atoms with van der Waals surface area (Å²) in [7, 11) is 0. The maximum absolute atomic E-state index is 12.0. The van der Waals surface area contributed by atoms with E-state index in [9.17, 15) is 9.59 Å². The van der Waals surface area contributed by atoms with Crippen molar-refractivity contribution in [1.82, 2.24) is 5.32 Å². The van der Waals surface area contributed by atoms with Gasteiger partial charge in [-0.05, 0) is 18.6 Å². The molecule has 2 amide bonds. The Labute approximate surface area is 112 Å². The fourth-order valence-corrected chi connectivity index (χ4v) is 1.91. The van der Waals surface area contributed by atoms with Gasteiger partial charge in [0, 0.05) is 13.0 Å². The van der Waals surface area contributed by atoms with Crippen LogP contribution in [-0.4, -0.2) is 25.0 Å². The van der Waals surface area contributed by atoms with Gasteiger partial charge >= 0.3 is 0 Å². The van der Waals surface area contributed by atoms with Crippen molar-refractivity contribution >= 4 is 17.5 Å². The van der Waals surface area contributed by atoms with Gasteiger partial charge in [-0.2, -0.15) is 0 Å². The van der Waals surface area contributed by atoms with Crippen molar-refractivity contribution in [2.45, 2.75) is 19.8 Å². The molecule has 0 bridgehead atoms. The average Bonchev–Trinajstić information content (AvgIpc) is 2.56. The summed E-state index contributed by atoms with van der Waals surface area (Å²) < 4.78 is 5.57. The van der Waals surface area contributed by atoms with Gasteiger partial charge in [0.05, 0.1) is 11.6 Å². The van der Waals surface area contributed by atoms with Crippen LogP contribution in [0, 0.1) is 5.92 Å². The number of nitrogens with one attached hydrogen (secondary N) is 2. The molecule has 0 spiro atoms. The van der Waals surface area contributed by atoms with Crippen molar-refractivity contribution < 1.29 is 14.3 Å². The van der Waals surface area contributed by atoms with Crippen molar-refractivity contribution in [3.63, 3.8) is 0 Å². The zero-order valence-electron chi connectivity index (χ0n) is 10.9. The topological polar surface area (TPSA) is 67.4 Å². The molecule has 0 aromatic heterocycles. The molecule has 5 nitrogen and oxygen atoms in total. The van der Waals surface area contributed by atoms with Gasteiger partial charge in [-0.1, -0.05) is 19.1 Å². The molecule has 0 radical (unpaired) electrons. The molecule has 0 saturated carbocycles. The highest BCUT2D eigenvalue weighted by molar-refractivity contribution is 5.97. The monoisotopic (exact) mass is 262 g/mol. The number of hydrogen-bond acceptors (Lipinski definition) is 3. The van der Waals surface area contributed by atoms with Crippen LogP contribution in [0.5, 0.6) is 5.75 Å². The molecular weight excluding hydrogens is 244 g/mol. The molecular formula is C14H18N2O3. The third kappa shape index (κ3) is 3.47. The lowest BCUT2D eigenvalue weighted by molar-refractivity contribution is -0.128. The molecule has 1 aromatic carbocycles. The van der Waals surface area contributed by atoms with E-state index in [2.05, 4.69) is 10.6 Å². The number of para-hydroxylation sites is 2. The lowest BCUT2D eigenvalue weighted by Gasteiger charge is -2.12. The summed E-state index contributed by atoms with van der Waals surface area (Å²) >= 11 is 0. The summed E-state index contributed by atoms with van der Waals surface area (Å²) in [5.41, 5.74) is 0.656. The lowest BCUT2D eigenvalue weighted by atomic mass is 10.1. The van der Waals surface area contributed by atoms with E-state index >= 15 is 0 Å². The number of hydrogen-bond donors (Lipinski definition) is 2. The number of ether oxygens (including phenoxy) is 1. The second kappa shape index (κ2) is 6.22. The maximum atomic E-state index is 12.0. The number of amides is 2. The summed E-state index contributed by atoms with van der Waals surface area (Å²) in [6, 6.07) is 7.26. The fraction of sp³-hybridized carbons (Fsp3) is 0.429. The molecule has 2 N–H and O–H groups in total. The molecule has 19 heavy (non-hydrogen) atoms. The van der Waals surface area contributed by atoms with Crippen LogP contribution in [-0.2, 0) is 9.59 Å². The molecule has 1 aliphatic heterocycles. The molecule has 0 fully saturated rings. The number of carbonyl (C=O) groups excluding carboxylic acids is 2. The predicted molar refractivity (Wildman–Crippen MR) is 72.0 cm³/mol. The molecule has 102 valence electrons. The number of benzene rings is 1. The second-order valence-corrected chi connectivity index (χ2v) is 4.55. The summed E-state index contributed by atoms with van der Waals surface area (Å²) in [4.78, 5) is 23.7. The van der Waals surface area contributed by atoms with E-state index in [1.165, 1.54) is 0 Å². The first-order valence-corrected chi connectivity index (χ1v) is 6.50. The SMILES string of the molecule is CCCNC(=O)CC1COc2ccccc2NC1=O. The highest BCUT2D eigenvalue weighted by Gasteiger charge is 2.26. The lowest BCUT2D eigenvalue weighted by Crippen LogP contribution is -2.33. The van der Waals surface area contributed by atoms with Gasteiger partial charge in [0.2, 0.25) is 11.8 Å². The van der Waals surface area contributed by atoms with Crippen molar-refractivity contribution in [2.24, 2.45) is 5.92 Å². The zero-order chi connectivity index (χ0) is 13.7. The number of fused-ring (bicyclic) bond motifs is 1. The minimum atomic E-state index is -0.454. The standard InChI is InChI=1S/C14H18N2O3/c1-2-7-15-13(17)8-10-9-19-12-6-4-3-5-11(12)16-14(10)18/h3-6,10H,2,7-9H2,1H3,(H,15,17)(H,16,18). The molecule has 1 aromatic rings. The van der Waals surface area contributed by atoms with Crippen LogP contribution in [0.1, 0.15) is 19.8 Å². The maximum Gasteiger partial charge on any atom is 0.231 e. The summed E-state index contributed by atoms with van der Waals surface area (Å²) in [6.07, 6.45) is 1.03. The Morgan fingerprint density at radius 3 is 3.05 bits per heavy atom. The van der Waals surface area contributed by atoms with Gasteiger partial charge in [0.1, 0.15) is 12.4 Å². The normalized spacial score (nSPS) is 17.7. The van der Waals surface area contributed by atoms with Crippen molar-refractivity contribution in [2.75, 3.05) is 18.5 Å². The largest absolute Gasteiger partial charge is 0.491 e. The molecule has 1 unspecified atom stereocenters. The molecule has 0 aliphatic carbocycles. The highest BCUT2D eigenvalue weighted by atomic mass is 16.5. The van der Waals surface area contributed by atoms with Crippen LogP contribution in [0.25, 0.3) is 0 Å². The van der Waals surface area contributed by atoms with Crippen molar-refractivity contribution in [3.05, 3.63) is 24.3 Å². The minimum Gasteiger partial charge on any atom is -0.491 e. The third-order valence-electron chi connectivity index (χ3n) is 2.96. The molecule has 5 heteroatoms. The van der Waals surface area contributed by atoms with E-state index in [1.54, 1.807) is 12.1 Å². The Bertz CT molecular complexity index is 474. The van der Waals surface area contributed by atoms with E-state index in [0.29, 0.717) is 18.0 Å². The molecule has 0 saturated heterocycles. The van der Waals surface area contributed by atoms with Gasteiger partial charge < -0.3 is 15.4 Å². The smallest absolute Gasteiger partial charge is 0.231 e. The van der Waals surface area contributed by atoms with Crippen LogP contribution in [0.4, 0.5) is 5.69 Å². The van der Waals surface area contributed by atoms with Gasteiger partial charge in [-0.25, -0.2) is 0 Å². The third-order valence-corrected chi connectivity index (χ3v) is 2.96. The molecule has 1 aliphatic rings. The summed E-state index contributed by atoms with van der Waals surface area (Å²) in [6.45, 7) is 2.84.